The Bertz CT molecular complexity index is 367. The smallest absolute Gasteiger partial charge is 0.176 e. The Labute approximate surface area is 117 Å². The lowest BCUT2D eigenvalue weighted by Gasteiger charge is -2.09. The highest BCUT2D eigenvalue weighted by atomic mass is 16.7. The Hall–Kier alpha value is -1.12. The van der Waals surface area contributed by atoms with E-state index in [1.807, 2.05) is 6.08 Å². The van der Waals surface area contributed by atoms with Crippen LogP contribution in [-0.4, -0.2) is 20.5 Å². The molecule has 0 amide bonds. The second kappa shape index (κ2) is 9.76. The highest BCUT2D eigenvalue weighted by molar-refractivity contribution is 5.54. The highest BCUT2D eigenvalue weighted by Crippen LogP contribution is 2.15. The largest absolute Gasteiger partial charge is 0.352 e. The third kappa shape index (κ3) is 6.04. The molecule has 0 bridgehead atoms. The van der Waals surface area contributed by atoms with Crippen LogP contribution in [0, 0.1) is 0 Å². The number of aryl methyl sites for hydroxylation is 1. The van der Waals surface area contributed by atoms with Crippen LogP contribution in [0.1, 0.15) is 43.7 Å². The van der Waals surface area contributed by atoms with Crippen molar-refractivity contribution in [2.24, 2.45) is 0 Å². The minimum absolute atomic E-state index is 0.270. The van der Waals surface area contributed by atoms with E-state index >= 15 is 0 Å². The maximum absolute atomic E-state index is 5.17. The van der Waals surface area contributed by atoms with Crippen molar-refractivity contribution >= 4 is 6.08 Å². The van der Waals surface area contributed by atoms with Crippen molar-refractivity contribution in [1.82, 2.24) is 0 Å². The quantitative estimate of drug-likeness (QED) is 0.484. The van der Waals surface area contributed by atoms with Crippen LogP contribution in [0.15, 0.2) is 30.3 Å². The van der Waals surface area contributed by atoms with Gasteiger partial charge in [-0.2, -0.15) is 0 Å². The molecule has 19 heavy (non-hydrogen) atoms. The second-order valence-electron chi connectivity index (χ2n) is 4.71. The van der Waals surface area contributed by atoms with Gasteiger partial charge < -0.3 is 9.47 Å². The fourth-order valence-corrected chi connectivity index (χ4v) is 2.10. The van der Waals surface area contributed by atoms with Gasteiger partial charge in [-0.15, -0.1) is 0 Å². The maximum atomic E-state index is 5.17. The zero-order valence-corrected chi connectivity index (χ0v) is 12.4. The van der Waals surface area contributed by atoms with Gasteiger partial charge in [0.05, 0.1) is 0 Å². The lowest BCUT2D eigenvalue weighted by molar-refractivity contribution is -0.0660. The predicted octanol–water partition coefficient (Wildman–Crippen LogP) is 4.44. The molecular formula is C17H26O2. The molecule has 0 saturated carbocycles. The molecule has 0 fully saturated rings. The van der Waals surface area contributed by atoms with Crippen molar-refractivity contribution in [3.8, 4) is 0 Å². The first kappa shape index (κ1) is 15.9. The lowest BCUT2D eigenvalue weighted by Crippen LogP contribution is -2.08. The molecule has 0 aliphatic rings. The maximum Gasteiger partial charge on any atom is 0.176 e. The minimum Gasteiger partial charge on any atom is -0.352 e. The molecule has 0 radical (unpaired) electrons. The van der Waals surface area contributed by atoms with Gasteiger partial charge in [-0.25, -0.2) is 0 Å². The molecule has 0 aromatic heterocycles. The van der Waals surface area contributed by atoms with Crippen LogP contribution in [0.2, 0.25) is 0 Å². The molecule has 0 N–H and O–H groups in total. The molecule has 2 heteroatoms. The first-order valence-electron chi connectivity index (χ1n) is 7.13. The summed E-state index contributed by atoms with van der Waals surface area (Å²) in [4.78, 5) is 0. The SMILES string of the molecule is CCCCCCc1ccccc1/C=C/C(OC)OC. The molecule has 0 heterocycles. The van der Waals surface area contributed by atoms with Gasteiger partial charge in [0, 0.05) is 14.2 Å². The summed E-state index contributed by atoms with van der Waals surface area (Å²) in [5.41, 5.74) is 2.67. The van der Waals surface area contributed by atoms with Crippen LogP contribution >= 0.6 is 0 Å². The van der Waals surface area contributed by atoms with E-state index in [2.05, 4.69) is 37.3 Å². The average molecular weight is 262 g/mol. The van der Waals surface area contributed by atoms with Crippen molar-refractivity contribution in [2.45, 2.75) is 45.3 Å². The van der Waals surface area contributed by atoms with Gasteiger partial charge in [-0.3, -0.25) is 0 Å². The van der Waals surface area contributed by atoms with Gasteiger partial charge in [-0.1, -0.05) is 56.5 Å². The van der Waals surface area contributed by atoms with E-state index in [9.17, 15) is 0 Å². The van der Waals surface area contributed by atoms with Gasteiger partial charge in [0.15, 0.2) is 6.29 Å². The molecule has 0 spiro atoms. The first-order chi connectivity index (χ1) is 9.31. The van der Waals surface area contributed by atoms with Gasteiger partial charge >= 0.3 is 0 Å². The highest BCUT2D eigenvalue weighted by Gasteiger charge is 2.01. The molecule has 2 nitrogen and oxygen atoms in total. The number of hydrogen-bond donors (Lipinski definition) is 0. The summed E-state index contributed by atoms with van der Waals surface area (Å²) < 4.78 is 10.3. The van der Waals surface area contributed by atoms with Crippen molar-refractivity contribution < 1.29 is 9.47 Å². The van der Waals surface area contributed by atoms with Crippen LogP contribution in [0.5, 0.6) is 0 Å². The zero-order valence-electron chi connectivity index (χ0n) is 12.4. The average Bonchev–Trinajstić information content (AvgIpc) is 2.46. The van der Waals surface area contributed by atoms with E-state index in [1.165, 1.54) is 36.8 Å². The second-order valence-corrected chi connectivity index (χ2v) is 4.71. The van der Waals surface area contributed by atoms with Gasteiger partial charge in [0.2, 0.25) is 0 Å². The van der Waals surface area contributed by atoms with Crippen LogP contribution in [0.4, 0.5) is 0 Å². The van der Waals surface area contributed by atoms with Crippen LogP contribution < -0.4 is 0 Å². The molecule has 0 aliphatic carbocycles. The van der Waals surface area contributed by atoms with Crippen molar-refractivity contribution in [3.05, 3.63) is 41.5 Å². The summed E-state index contributed by atoms with van der Waals surface area (Å²) in [6.07, 6.45) is 10.1. The van der Waals surface area contributed by atoms with Gasteiger partial charge in [0.25, 0.3) is 0 Å². The molecule has 0 aliphatic heterocycles. The van der Waals surface area contributed by atoms with E-state index in [1.54, 1.807) is 14.2 Å². The number of ether oxygens (including phenoxy) is 2. The normalized spacial score (nSPS) is 11.6. The Balaban J connectivity index is 2.62. The van der Waals surface area contributed by atoms with E-state index in [0.29, 0.717) is 0 Å². The van der Waals surface area contributed by atoms with Crippen molar-refractivity contribution in [2.75, 3.05) is 14.2 Å². The molecule has 1 aromatic rings. The van der Waals surface area contributed by atoms with Gasteiger partial charge in [0.1, 0.15) is 0 Å². The van der Waals surface area contributed by atoms with E-state index < -0.39 is 0 Å². The molecule has 106 valence electrons. The summed E-state index contributed by atoms with van der Waals surface area (Å²) >= 11 is 0. The summed E-state index contributed by atoms with van der Waals surface area (Å²) in [6.45, 7) is 2.24. The number of benzene rings is 1. The molecular weight excluding hydrogens is 236 g/mol. The topological polar surface area (TPSA) is 18.5 Å². The first-order valence-corrected chi connectivity index (χ1v) is 7.13. The zero-order chi connectivity index (χ0) is 13.9. The summed E-state index contributed by atoms with van der Waals surface area (Å²) in [5, 5.41) is 0. The van der Waals surface area contributed by atoms with E-state index in [4.69, 9.17) is 9.47 Å². The minimum atomic E-state index is -0.270. The number of hydrogen-bond acceptors (Lipinski definition) is 2. The van der Waals surface area contributed by atoms with Crippen LogP contribution in [-0.2, 0) is 15.9 Å². The number of methoxy groups -OCH3 is 2. The summed E-state index contributed by atoms with van der Waals surface area (Å²) in [6, 6.07) is 8.54. The lowest BCUT2D eigenvalue weighted by atomic mass is 10.0. The van der Waals surface area contributed by atoms with E-state index in [-0.39, 0.29) is 6.29 Å². The standard InChI is InChI=1S/C17H26O2/c1-4-5-6-7-10-15-11-8-9-12-16(15)13-14-17(18-2)19-3/h8-9,11-14,17H,4-7,10H2,1-3H3/b14-13+. The number of unbranched alkanes of at least 4 members (excludes halogenated alkanes) is 3. The fraction of sp³-hybridized carbons (Fsp3) is 0.529. The van der Waals surface area contributed by atoms with E-state index in [0.717, 1.165) is 6.42 Å². The van der Waals surface area contributed by atoms with Crippen LogP contribution in [0.3, 0.4) is 0 Å². The van der Waals surface area contributed by atoms with Crippen LogP contribution in [0.25, 0.3) is 6.08 Å². The Morgan fingerprint density at radius 1 is 1.05 bits per heavy atom. The molecule has 1 rings (SSSR count). The molecule has 0 unspecified atom stereocenters. The molecule has 0 saturated heterocycles. The fourth-order valence-electron chi connectivity index (χ4n) is 2.10. The third-order valence-corrected chi connectivity index (χ3v) is 3.25. The van der Waals surface area contributed by atoms with Gasteiger partial charge in [-0.05, 0) is 30.0 Å². The summed E-state index contributed by atoms with van der Waals surface area (Å²) in [7, 11) is 3.30. The van der Waals surface area contributed by atoms with Crippen molar-refractivity contribution in [1.29, 1.82) is 0 Å². The molecule has 0 atom stereocenters. The van der Waals surface area contributed by atoms with Crippen molar-refractivity contribution in [3.63, 3.8) is 0 Å². The predicted molar refractivity (Wildman–Crippen MR) is 81.1 cm³/mol. The monoisotopic (exact) mass is 262 g/mol. The summed E-state index contributed by atoms with van der Waals surface area (Å²) in [5.74, 6) is 0. The molecule has 1 aromatic carbocycles. The Kier molecular flexibility index (Phi) is 8.19. The Morgan fingerprint density at radius 2 is 1.79 bits per heavy atom. The Morgan fingerprint density at radius 3 is 2.47 bits per heavy atom. The third-order valence-electron chi connectivity index (χ3n) is 3.25. The number of rotatable bonds is 9.